The monoisotopic (exact) mass is 191 g/mol. The minimum absolute atomic E-state index is 0.147. The van der Waals surface area contributed by atoms with Gasteiger partial charge >= 0.3 is 5.97 Å². The molecule has 0 unspecified atom stereocenters. The molecule has 0 amide bonds. The van der Waals surface area contributed by atoms with E-state index in [1.165, 1.54) is 11.1 Å². The standard InChI is InChI=1S/C11H13NO2/c13-11(14)8-12-6-5-9-3-1-2-4-10(9)7-12/h1-4H,5-8H2,(H,13,14). The average Bonchev–Trinajstić information content (AvgIpc) is 2.17. The maximum absolute atomic E-state index is 10.5. The van der Waals surface area contributed by atoms with Gasteiger partial charge in [0.1, 0.15) is 0 Å². The van der Waals surface area contributed by atoms with Gasteiger partial charge in [-0.1, -0.05) is 24.3 Å². The van der Waals surface area contributed by atoms with E-state index in [1.54, 1.807) is 0 Å². The van der Waals surface area contributed by atoms with Crippen molar-refractivity contribution in [1.82, 2.24) is 4.90 Å². The van der Waals surface area contributed by atoms with E-state index >= 15 is 0 Å². The minimum Gasteiger partial charge on any atom is -0.480 e. The predicted octanol–water partition coefficient (Wildman–Crippen LogP) is 1.13. The summed E-state index contributed by atoms with van der Waals surface area (Å²) in [6.45, 7) is 1.76. The summed E-state index contributed by atoms with van der Waals surface area (Å²) in [5, 5.41) is 8.67. The minimum atomic E-state index is -0.746. The Morgan fingerprint density at radius 1 is 1.36 bits per heavy atom. The SMILES string of the molecule is O=C(O)CN1CCc2ccccc2C1. The lowest BCUT2D eigenvalue weighted by Crippen LogP contribution is -2.34. The van der Waals surface area contributed by atoms with E-state index in [-0.39, 0.29) is 6.54 Å². The van der Waals surface area contributed by atoms with Gasteiger partial charge in [-0.25, -0.2) is 0 Å². The van der Waals surface area contributed by atoms with Gasteiger partial charge in [-0.15, -0.1) is 0 Å². The van der Waals surface area contributed by atoms with Crippen molar-refractivity contribution in [3.8, 4) is 0 Å². The lowest BCUT2D eigenvalue weighted by Gasteiger charge is -2.26. The van der Waals surface area contributed by atoms with Gasteiger partial charge in [0.05, 0.1) is 6.54 Å². The number of hydrogen-bond acceptors (Lipinski definition) is 2. The molecule has 0 saturated carbocycles. The molecule has 1 aliphatic rings. The summed E-state index contributed by atoms with van der Waals surface area (Å²) >= 11 is 0. The van der Waals surface area contributed by atoms with E-state index in [0.29, 0.717) is 0 Å². The maximum atomic E-state index is 10.5. The average molecular weight is 191 g/mol. The van der Waals surface area contributed by atoms with Crippen LogP contribution in [0.1, 0.15) is 11.1 Å². The van der Waals surface area contributed by atoms with E-state index in [4.69, 9.17) is 5.11 Å². The quantitative estimate of drug-likeness (QED) is 0.761. The molecular weight excluding hydrogens is 178 g/mol. The van der Waals surface area contributed by atoms with E-state index < -0.39 is 5.97 Å². The van der Waals surface area contributed by atoms with Crippen molar-refractivity contribution >= 4 is 5.97 Å². The molecule has 0 spiro atoms. The number of benzene rings is 1. The number of carboxylic acids is 1. The van der Waals surface area contributed by atoms with E-state index in [1.807, 2.05) is 17.0 Å². The highest BCUT2D eigenvalue weighted by Gasteiger charge is 2.16. The van der Waals surface area contributed by atoms with Crippen LogP contribution in [-0.2, 0) is 17.8 Å². The third kappa shape index (κ3) is 1.93. The summed E-state index contributed by atoms with van der Waals surface area (Å²) in [4.78, 5) is 12.5. The molecule has 0 aliphatic carbocycles. The van der Waals surface area contributed by atoms with Crippen molar-refractivity contribution in [2.45, 2.75) is 13.0 Å². The Morgan fingerprint density at radius 3 is 2.79 bits per heavy atom. The third-order valence-electron chi connectivity index (χ3n) is 2.57. The molecule has 3 heteroatoms. The smallest absolute Gasteiger partial charge is 0.317 e. The number of rotatable bonds is 2. The highest BCUT2D eigenvalue weighted by molar-refractivity contribution is 5.69. The van der Waals surface area contributed by atoms with Gasteiger partial charge in [-0.2, -0.15) is 0 Å². The molecule has 0 saturated heterocycles. The lowest BCUT2D eigenvalue weighted by atomic mass is 10.0. The molecule has 1 aromatic carbocycles. The van der Waals surface area contributed by atoms with Gasteiger partial charge in [-0.05, 0) is 17.5 Å². The molecule has 0 aromatic heterocycles. The molecule has 2 rings (SSSR count). The molecule has 1 heterocycles. The first-order valence-corrected chi connectivity index (χ1v) is 4.76. The second kappa shape index (κ2) is 3.80. The third-order valence-corrected chi connectivity index (χ3v) is 2.57. The Kier molecular flexibility index (Phi) is 2.50. The van der Waals surface area contributed by atoms with Crippen molar-refractivity contribution in [1.29, 1.82) is 0 Å². The lowest BCUT2D eigenvalue weighted by molar-refractivity contribution is -0.138. The molecule has 0 bridgehead atoms. The van der Waals surface area contributed by atoms with Crippen molar-refractivity contribution in [2.24, 2.45) is 0 Å². The van der Waals surface area contributed by atoms with Gasteiger partial charge in [0, 0.05) is 13.1 Å². The first-order valence-electron chi connectivity index (χ1n) is 4.76. The van der Waals surface area contributed by atoms with Gasteiger partial charge in [0.15, 0.2) is 0 Å². The van der Waals surface area contributed by atoms with E-state index in [2.05, 4.69) is 12.1 Å². The van der Waals surface area contributed by atoms with Crippen LogP contribution in [0.5, 0.6) is 0 Å². The van der Waals surface area contributed by atoms with E-state index in [9.17, 15) is 4.79 Å². The van der Waals surface area contributed by atoms with Crippen LogP contribution in [-0.4, -0.2) is 29.1 Å². The molecule has 1 aliphatic heterocycles. The van der Waals surface area contributed by atoms with Crippen LogP contribution in [0.15, 0.2) is 24.3 Å². The zero-order chi connectivity index (χ0) is 9.97. The Bertz CT molecular complexity index is 349. The summed E-state index contributed by atoms with van der Waals surface area (Å²) in [6.07, 6.45) is 0.962. The van der Waals surface area contributed by atoms with Crippen LogP contribution in [0.3, 0.4) is 0 Å². The van der Waals surface area contributed by atoms with Crippen LogP contribution in [0, 0.1) is 0 Å². The van der Waals surface area contributed by atoms with Crippen molar-refractivity contribution in [3.05, 3.63) is 35.4 Å². The molecule has 0 atom stereocenters. The molecule has 3 nitrogen and oxygen atoms in total. The molecule has 74 valence electrons. The van der Waals surface area contributed by atoms with Crippen molar-refractivity contribution < 1.29 is 9.90 Å². The highest BCUT2D eigenvalue weighted by Crippen LogP contribution is 2.17. The van der Waals surface area contributed by atoms with Crippen molar-refractivity contribution in [2.75, 3.05) is 13.1 Å². The Balaban J connectivity index is 2.09. The topological polar surface area (TPSA) is 40.5 Å². The first-order chi connectivity index (χ1) is 6.75. The largest absolute Gasteiger partial charge is 0.480 e. The van der Waals surface area contributed by atoms with Crippen LogP contribution < -0.4 is 0 Å². The summed E-state index contributed by atoms with van der Waals surface area (Å²) < 4.78 is 0. The highest BCUT2D eigenvalue weighted by atomic mass is 16.4. The fourth-order valence-electron chi connectivity index (χ4n) is 1.88. The second-order valence-electron chi connectivity index (χ2n) is 3.62. The summed E-state index contributed by atoms with van der Waals surface area (Å²) in [5.41, 5.74) is 2.62. The fraction of sp³-hybridized carbons (Fsp3) is 0.364. The molecule has 0 fully saturated rings. The Morgan fingerprint density at radius 2 is 2.07 bits per heavy atom. The summed E-state index contributed by atoms with van der Waals surface area (Å²) in [5.74, 6) is -0.746. The molecular formula is C11H13NO2. The number of aliphatic carboxylic acids is 1. The number of carbonyl (C=O) groups is 1. The van der Waals surface area contributed by atoms with Crippen LogP contribution in [0.4, 0.5) is 0 Å². The second-order valence-corrected chi connectivity index (χ2v) is 3.62. The Labute approximate surface area is 83.0 Å². The molecule has 0 radical (unpaired) electrons. The maximum Gasteiger partial charge on any atom is 0.317 e. The number of carboxylic acid groups (broad SMARTS) is 1. The van der Waals surface area contributed by atoms with E-state index in [0.717, 1.165) is 19.5 Å². The molecule has 14 heavy (non-hydrogen) atoms. The van der Waals surface area contributed by atoms with Gasteiger partial charge in [0.25, 0.3) is 0 Å². The predicted molar refractivity (Wildman–Crippen MR) is 53.1 cm³/mol. The van der Waals surface area contributed by atoms with Crippen LogP contribution >= 0.6 is 0 Å². The number of hydrogen-bond donors (Lipinski definition) is 1. The van der Waals surface area contributed by atoms with Crippen LogP contribution in [0.2, 0.25) is 0 Å². The fourth-order valence-corrected chi connectivity index (χ4v) is 1.88. The zero-order valence-electron chi connectivity index (χ0n) is 7.94. The number of fused-ring (bicyclic) bond motifs is 1. The summed E-state index contributed by atoms with van der Waals surface area (Å²) in [7, 11) is 0. The van der Waals surface area contributed by atoms with Gasteiger partial charge in [-0.3, -0.25) is 9.69 Å². The molecule has 1 N–H and O–H groups in total. The van der Waals surface area contributed by atoms with Crippen LogP contribution in [0.25, 0.3) is 0 Å². The first kappa shape index (κ1) is 9.21. The normalized spacial score (nSPS) is 16.3. The molecule has 1 aromatic rings. The number of nitrogens with zero attached hydrogens (tertiary/aromatic N) is 1. The Hall–Kier alpha value is -1.35. The van der Waals surface area contributed by atoms with Gasteiger partial charge in [0.2, 0.25) is 0 Å². The summed E-state index contributed by atoms with van der Waals surface area (Å²) in [6, 6.07) is 8.23. The van der Waals surface area contributed by atoms with Gasteiger partial charge < -0.3 is 5.11 Å². The van der Waals surface area contributed by atoms with Crippen molar-refractivity contribution in [3.63, 3.8) is 0 Å². The zero-order valence-corrected chi connectivity index (χ0v) is 7.94.